The lowest BCUT2D eigenvalue weighted by Crippen LogP contribution is -2.14. The second-order valence-electron chi connectivity index (χ2n) is 6.43. The molecular formula is C21H15FN4O3S. The molecule has 30 heavy (non-hydrogen) atoms. The SMILES string of the molecule is Cc1nnsc1C(=O)Oc1c(C(=O)c2ccc(F)cc2)c(C)nn1-c1ccccc1. The molecule has 0 atom stereocenters. The number of aromatic nitrogens is 4. The van der Waals surface area contributed by atoms with Gasteiger partial charge in [0.1, 0.15) is 11.4 Å². The van der Waals surface area contributed by atoms with E-state index in [0.717, 1.165) is 11.5 Å². The number of halogens is 1. The lowest BCUT2D eigenvalue weighted by Gasteiger charge is -2.09. The van der Waals surface area contributed by atoms with Gasteiger partial charge in [0.15, 0.2) is 10.7 Å². The van der Waals surface area contributed by atoms with Crippen molar-refractivity contribution in [2.45, 2.75) is 13.8 Å². The topological polar surface area (TPSA) is 87.0 Å². The van der Waals surface area contributed by atoms with Crippen molar-refractivity contribution in [2.75, 3.05) is 0 Å². The van der Waals surface area contributed by atoms with Crippen LogP contribution in [-0.4, -0.2) is 31.1 Å². The van der Waals surface area contributed by atoms with Crippen LogP contribution in [0.1, 0.15) is 37.0 Å². The average molecular weight is 422 g/mol. The van der Waals surface area contributed by atoms with Crippen molar-refractivity contribution in [2.24, 2.45) is 0 Å². The van der Waals surface area contributed by atoms with Gasteiger partial charge >= 0.3 is 5.97 Å². The third-order valence-corrected chi connectivity index (χ3v) is 5.19. The second kappa shape index (κ2) is 7.96. The number of ketones is 1. The van der Waals surface area contributed by atoms with Gasteiger partial charge in [-0.1, -0.05) is 22.7 Å². The molecule has 0 N–H and O–H groups in total. The molecule has 0 amide bonds. The van der Waals surface area contributed by atoms with Crippen LogP contribution in [0.3, 0.4) is 0 Å². The first-order chi connectivity index (χ1) is 14.5. The highest BCUT2D eigenvalue weighted by Gasteiger charge is 2.28. The maximum absolute atomic E-state index is 13.3. The molecule has 0 radical (unpaired) electrons. The molecule has 2 aromatic heterocycles. The van der Waals surface area contributed by atoms with Crippen LogP contribution in [0.4, 0.5) is 4.39 Å². The number of esters is 1. The van der Waals surface area contributed by atoms with Crippen molar-refractivity contribution in [3.05, 3.63) is 87.8 Å². The third-order valence-electron chi connectivity index (χ3n) is 4.38. The molecule has 0 aliphatic carbocycles. The van der Waals surface area contributed by atoms with Crippen LogP contribution in [0.15, 0.2) is 54.6 Å². The van der Waals surface area contributed by atoms with Gasteiger partial charge in [-0.25, -0.2) is 9.18 Å². The van der Waals surface area contributed by atoms with E-state index >= 15 is 0 Å². The molecule has 0 fully saturated rings. The molecule has 0 spiro atoms. The molecular weight excluding hydrogens is 407 g/mol. The zero-order chi connectivity index (χ0) is 21.3. The number of carbonyl (C=O) groups excluding carboxylic acids is 2. The number of benzene rings is 2. The number of carbonyl (C=O) groups is 2. The molecule has 2 aromatic carbocycles. The van der Waals surface area contributed by atoms with Gasteiger partial charge in [0.05, 0.1) is 17.1 Å². The normalized spacial score (nSPS) is 10.8. The third kappa shape index (κ3) is 3.62. The summed E-state index contributed by atoms with van der Waals surface area (Å²) in [6.07, 6.45) is 0. The van der Waals surface area contributed by atoms with Crippen LogP contribution in [0.2, 0.25) is 0 Å². The lowest BCUT2D eigenvalue weighted by atomic mass is 10.0. The van der Waals surface area contributed by atoms with Crippen molar-refractivity contribution >= 4 is 23.3 Å². The molecule has 0 saturated heterocycles. The maximum Gasteiger partial charge on any atom is 0.358 e. The highest BCUT2D eigenvalue weighted by Crippen LogP contribution is 2.30. The van der Waals surface area contributed by atoms with Crippen molar-refractivity contribution < 1.29 is 18.7 Å². The first kappa shape index (κ1) is 19.6. The highest BCUT2D eigenvalue weighted by molar-refractivity contribution is 7.07. The summed E-state index contributed by atoms with van der Waals surface area (Å²) in [6.45, 7) is 3.29. The number of hydrogen-bond donors (Lipinski definition) is 0. The molecule has 4 aromatic rings. The van der Waals surface area contributed by atoms with E-state index < -0.39 is 17.6 Å². The first-order valence-corrected chi connectivity index (χ1v) is 9.69. The Balaban J connectivity index is 1.84. The standard InChI is InChI=1S/C21H15FN4O3S/c1-12-17(18(27)14-8-10-15(22)11-9-14)20(26(24-12)16-6-4-3-5-7-16)29-21(28)19-13(2)23-25-30-19/h3-11H,1-2H3. The zero-order valence-electron chi connectivity index (χ0n) is 16.0. The van der Waals surface area contributed by atoms with Crippen molar-refractivity contribution in [1.82, 2.24) is 19.4 Å². The molecule has 0 bridgehead atoms. The number of rotatable bonds is 5. The monoisotopic (exact) mass is 422 g/mol. The van der Waals surface area contributed by atoms with Crippen LogP contribution >= 0.6 is 11.5 Å². The molecule has 0 unspecified atom stereocenters. The lowest BCUT2D eigenvalue weighted by molar-refractivity contribution is 0.0725. The van der Waals surface area contributed by atoms with Crippen molar-refractivity contribution in [3.8, 4) is 11.6 Å². The minimum Gasteiger partial charge on any atom is -0.402 e. The fourth-order valence-electron chi connectivity index (χ4n) is 2.90. The van der Waals surface area contributed by atoms with Gasteiger partial charge in [-0.3, -0.25) is 4.79 Å². The smallest absolute Gasteiger partial charge is 0.358 e. The second-order valence-corrected chi connectivity index (χ2v) is 7.18. The van der Waals surface area contributed by atoms with Gasteiger partial charge in [0.25, 0.3) is 0 Å². The molecule has 150 valence electrons. The summed E-state index contributed by atoms with van der Waals surface area (Å²) in [5.41, 5.74) is 1.78. The largest absolute Gasteiger partial charge is 0.402 e. The number of hydrogen-bond acceptors (Lipinski definition) is 7. The quantitative estimate of drug-likeness (QED) is 0.358. The van der Waals surface area contributed by atoms with Gasteiger partial charge in [-0.05, 0) is 61.8 Å². The highest BCUT2D eigenvalue weighted by atomic mass is 32.1. The summed E-state index contributed by atoms with van der Waals surface area (Å²) in [4.78, 5) is 26.2. The predicted molar refractivity (Wildman–Crippen MR) is 108 cm³/mol. The van der Waals surface area contributed by atoms with E-state index in [9.17, 15) is 14.0 Å². The molecule has 4 rings (SSSR count). The van der Waals surface area contributed by atoms with Gasteiger partial charge < -0.3 is 4.74 Å². The Morgan fingerprint density at radius 1 is 1.00 bits per heavy atom. The van der Waals surface area contributed by atoms with E-state index in [1.165, 1.54) is 28.9 Å². The molecule has 7 nitrogen and oxygen atoms in total. The number of nitrogens with zero attached hydrogens (tertiary/aromatic N) is 4. The van der Waals surface area contributed by atoms with Crippen LogP contribution in [-0.2, 0) is 0 Å². The van der Waals surface area contributed by atoms with Crippen LogP contribution in [0.25, 0.3) is 5.69 Å². The zero-order valence-corrected chi connectivity index (χ0v) is 16.8. The Hall–Kier alpha value is -3.72. The molecule has 0 saturated carbocycles. The predicted octanol–water partition coefficient (Wildman–Crippen LogP) is 3.93. The summed E-state index contributed by atoms with van der Waals surface area (Å²) in [6, 6.07) is 14.1. The van der Waals surface area contributed by atoms with Crippen molar-refractivity contribution in [1.29, 1.82) is 0 Å². The number of ether oxygens (including phenoxy) is 1. The molecule has 2 heterocycles. The van der Waals surface area contributed by atoms with Crippen LogP contribution in [0.5, 0.6) is 5.88 Å². The molecule has 9 heteroatoms. The van der Waals surface area contributed by atoms with Crippen molar-refractivity contribution in [3.63, 3.8) is 0 Å². The van der Waals surface area contributed by atoms with Gasteiger partial charge in [-0.15, -0.1) is 5.10 Å². The van der Waals surface area contributed by atoms with E-state index in [-0.39, 0.29) is 21.9 Å². The summed E-state index contributed by atoms with van der Waals surface area (Å²) in [7, 11) is 0. The van der Waals surface area contributed by atoms with Crippen LogP contribution in [0, 0.1) is 19.7 Å². The first-order valence-electron chi connectivity index (χ1n) is 8.92. The number of aryl methyl sites for hydroxylation is 2. The van der Waals surface area contributed by atoms with Gasteiger partial charge in [0.2, 0.25) is 5.88 Å². The van der Waals surface area contributed by atoms with E-state index in [1.807, 2.05) is 6.07 Å². The van der Waals surface area contributed by atoms with E-state index in [2.05, 4.69) is 14.7 Å². The summed E-state index contributed by atoms with van der Waals surface area (Å²) in [5, 5.41) is 8.24. The average Bonchev–Trinajstić information content (AvgIpc) is 3.31. The fourth-order valence-corrected chi connectivity index (χ4v) is 3.44. The minimum absolute atomic E-state index is 0.0224. The van der Waals surface area contributed by atoms with Crippen LogP contribution < -0.4 is 4.74 Å². The summed E-state index contributed by atoms with van der Waals surface area (Å²) in [5.74, 6) is -1.60. The Morgan fingerprint density at radius 2 is 1.70 bits per heavy atom. The Morgan fingerprint density at radius 3 is 2.33 bits per heavy atom. The minimum atomic E-state index is -0.687. The Bertz CT molecular complexity index is 1230. The maximum atomic E-state index is 13.3. The van der Waals surface area contributed by atoms with E-state index in [1.54, 1.807) is 38.1 Å². The molecule has 0 aliphatic heterocycles. The molecule has 0 aliphatic rings. The van der Waals surface area contributed by atoms with E-state index in [0.29, 0.717) is 17.1 Å². The Labute approximate surface area is 174 Å². The summed E-state index contributed by atoms with van der Waals surface area (Å²) >= 11 is 0.906. The van der Waals surface area contributed by atoms with E-state index in [4.69, 9.17) is 4.74 Å². The number of para-hydroxylation sites is 1. The van der Waals surface area contributed by atoms with Gasteiger partial charge in [0, 0.05) is 5.56 Å². The van der Waals surface area contributed by atoms with Gasteiger partial charge in [-0.2, -0.15) is 9.78 Å². The fraction of sp³-hybridized carbons (Fsp3) is 0.0952. The summed E-state index contributed by atoms with van der Waals surface area (Å²) < 4.78 is 24.1. The Kier molecular flexibility index (Phi) is 5.20.